The molecule has 0 fully saturated rings. The summed E-state index contributed by atoms with van der Waals surface area (Å²) in [4.78, 5) is 0. The molecular formula is C15H36NdO3. The molecule has 3 N–H and O–H groups in total. The summed E-state index contributed by atoms with van der Waals surface area (Å²) in [6, 6.07) is 0. The summed E-state index contributed by atoms with van der Waals surface area (Å²) < 4.78 is 0. The smallest absolute Gasteiger partial charge is 0.0479 e. The standard InChI is InChI=1S/3C5H12O.Nd/c3*1-5(2,3)4-6;/h3*6H,4H2,1-3H3;. The first-order valence-electron chi connectivity index (χ1n) is 6.51. The zero-order valence-corrected chi connectivity index (χ0v) is 17.7. The van der Waals surface area contributed by atoms with Crippen LogP contribution in [0.5, 0.6) is 0 Å². The van der Waals surface area contributed by atoms with Crippen molar-refractivity contribution in [2.24, 2.45) is 16.2 Å². The fourth-order valence-electron chi connectivity index (χ4n) is 0. The molecule has 0 aromatic carbocycles. The van der Waals surface area contributed by atoms with Gasteiger partial charge < -0.3 is 15.3 Å². The maximum Gasteiger partial charge on any atom is 0.0479 e. The van der Waals surface area contributed by atoms with Crippen molar-refractivity contribution in [2.45, 2.75) is 62.3 Å². The first-order chi connectivity index (χ1) is 7.68. The van der Waals surface area contributed by atoms with Crippen molar-refractivity contribution in [1.82, 2.24) is 0 Å². The second-order valence-electron chi connectivity index (χ2n) is 8.16. The summed E-state index contributed by atoms with van der Waals surface area (Å²) in [6.07, 6.45) is 0. The van der Waals surface area contributed by atoms with E-state index in [0.717, 1.165) is 0 Å². The molecule has 19 heavy (non-hydrogen) atoms. The molecule has 0 aromatic rings. The van der Waals surface area contributed by atoms with Gasteiger partial charge in [0.05, 0.1) is 0 Å². The van der Waals surface area contributed by atoms with Crippen molar-refractivity contribution < 1.29 is 56.2 Å². The van der Waals surface area contributed by atoms with Crippen LogP contribution in [0.15, 0.2) is 0 Å². The third kappa shape index (κ3) is 54.5. The van der Waals surface area contributed by atoms with Gasteiger partial charge in [0.15, 0.2) is 0 Å². The Labute approximate surface area is 153 Å². The quantitative estimate of drug-likeness (QED) is 0.577. The van der Waals surface area contributed by atoms with Crippen molar-refractivity contribution in [3.05, 3.63) is 0 Å². The monoisotopic (exact) mass is 406 g/mol. The van der Waals surface area contributed by atoms with Crippen molar-refractivity contribution in [2.75, 3.05) is 19.8 Å². The van der Waals surface area contributed by atoms with E-state index in [2.05, 4.69) is 0 Å². The second kappa shape index (κ2) is 12.9. The van der Waals surface area contributed by atoms with Crippen molar-refractivity contribution in [3.63, 3.8) is 0 Å². The van der Waals surface area contributed by atoms with Gasteiger partial charge in [-0.05, 0) is 16.2 Å². The van der Waals surface area contributed by atoms with E-state index in [1.54, 1.807) is 0 Å². The molecule has 0 radical (unpaired) electrons. The second-order valence-corrected chi connectivity index (χ2v) is 8.16. The zero-order valence-electron chi connectivity index (χ0n) is 14.5. The molecule has 0 amide bonds. The number of hydrogen-bond acceptors (Lipinski definition) is 3. The Balaban J connectivity index is -0.0000000865. The van der Waals surface area contributed by atoms with Gasteiger partial charge >= 0.3 is 0 Å². The Bertz CT molecular complexity index is 140. The van der Waals surface area contributed by atoms with Gasteiger partial charge in [0.25, 0.3) is 0 Å². The molecule has 0 aromatic heterocycles. The van der Waals surface area contributed by atoms with E-state index in [4.69, 9.17) is 15.3 Å². The van der Waals surface area contributed by atoms with Gasteiger partial charge in [-0.15, -0.1) is 0 Å². The number of rotatable bonds is 0. The average molecular weight is 409 g/mol. The minimum Gasteiger partial charge on any atom is -0.396 e. The van der Waals surface area contributed by atoms with Crippen molar-refractivity contribution in [3.8, 4) is 0 Å². The summed E-state index contributed by atoms with van der Waals surface area (Å²) in [7, 11) is 0. The molecule has 0 aliphatic rings. The van der Waals surface area contributed by atoms with Crippen molar-refractivity contribution in [1.29, 1.82) is 0 Å². The normalized spacial score (nSPS) is 11.4. The van der Waals surface area contributed by atoms with Crippen LogP contribution in [0.3, 0.4) is 0 Å². The molecule has 0 rings (SSSR count). The summed E-state index contributed by atoms with van der Waals surface area (Å²) in [6.45, 7) is 18.8. The first kappa shape index (κ1) is 28.4. The van der Waals surface area contributed by atoms with Gasteiger partial charge in [0.2, 0.25) is 0 Å². The Morgan fingerprint density at radius 2 is 0.526 bits per heavy atom. The van der Waals surface area contributed by atoms with E-state index >= 15 is 0 Å². The SMILES string of the molecule is CC(C)(C)CO.CC(C)(C)CO.CC(C)(C)CO.[Nd]. The minimum atomic E-state index is 0. The van der Waals surface area contributed by atoms with E-state index in [9.17, 15) is 0 Å². The van der Waals surface area contributed by atoms with Gasteiger partial charge in [0, 0.05) is 60.7 Å². The van der Waals surface area contributed by atoms with Crippen LogP contribution in [0, 0.1) is 57.1 Å². The number of aliphatic hydroxyl groups excluding tert-OH is 3. The molecule has 0 saturated carbocycles. The van der Waals surface area contributed by atoms with E-state index in [1.807, 2.05) is 62.3 Å². The van der Waals surface area contributed by atoms with Gasteiger partial charge in [0.1, 0.15) is 0 Å². The largest absolute Gasteiger partial charge is 0.396 e. The van der Waals surface area contributed by atoms with Crippen LogP contribution in [0.25, 0.3) is 0 Å². The fourth-order valence-corrected chi connectivity index (χ4v) is 0. The zero-order chi connectivity index (χ0) is 15.6. The molecule has 4 heteroatoms. The average Bonchev–Trinajstić information content (AvgIpc) is 2.16. The summed E-state index contributed by atoms with van der Waals surface area (Å²) in [5.74, 6) is 0. The van der Waals surface area contributed by atoms with Crippen LogP contribution in [0.4, 0.5) is 0 Å². The summed E-state index contributed by atoms with van der Waals surface area (Å²) in [5.41, 5.74) is 0.292. The molecule has 0 atom stereocenters. The molecule has 0 aliphatic carbocycles. The molecule has 0 heterocycles. The minimum absolute atomic E-state index is 0. The maximum absolute atomic E-state index is 8.40. The molecule has 0 saturated heterocycles. The van der Waals surface area contributed by atoms with Crippen LogP contribution in [-0.4, -0.2) is 35.1 Å². The topological polar surface area (TPSA) is 60.7 Å². The van der Waals surface area contributed by atoms with Crippen LogP contribution in [-0.2, 0) is 0 Å². The van der Waals surface area contributed by atoms with Gasteiger partial charge in [-0.3, -0.25) is 0 Å². The maximum atomic E-state index is 8.40. The number of aliphatic hydroxyl groups is 3. The molecule has 0 aliphatic heterocycles. The molecule has 0 spiro atoms. The fraction of sp³-hybridized carbons (Fsp3) is 1.00. The predicted octanol–water partition coefficient (Wildman–Crippen LogP) is 3.07. The third-order valence-corrected chi connectivity index (χ3v) is 1.42. The molecule has 118 valence electrons. The van der Waals surface area contributed by atoms with Crippen LogP contribution < -0.4 is 0 Å². The van der Waals surface area contributed by atoms with Crippen molar-refractivity contribution >= 4 is 0 Å². The van der Waals surface area contributed by atoms with Gasteiger partial charge in [-0.2, -0.15) is 0 Å². The molecule has 3 nitrogen and oxygen atoms in total. The van der Waals surface area contributed by atoms with E-state index in [-0.39, 0.29) is 76.9 Å². The van der Waals surface area contributed by atoms with Gasteiger partial charge in [-0.25, -0.2) is 0 Å². The van der Waals surface area contributed by atoms with Gasteiger partial charge in [-0.1, -0.05) is 62.3 Å². The van der Waals surface area contributed by atoms with E-state index in [1.165, 1.54) is 0 Å². The molecule has 0 unspecified atom stereocenters. The first-order valence-corrected chi connectivity index (χ1v) is 6.51. The molecular weight excluding hydrogens is 372 g/mol. The predicted molar refractivity (Wildman–Crippen MR) is 79.6 cm³/mol. The Kier molecular flexibility index (Phi) is 19.3. The summed E-state index contributed by atoms with van der Waals surface area (Å²) in [5, 5.41) is 25.2. The van der Waals surface area contributed by atoms with Crippen LogP contribution >= 0.6 is 0 Å². The van der Waals surface area contributed by atoms with E-state index < -0.39 is 0 Å². The van der Waals surface area contributed by atoms with Crippen LogP contribution in [0.1, 0.15) is 62.3 Å². The third-order valence-electron chi connectivity index (χ3n) is 1.42. The Morgan fingerprint density at radius 1 is 0.474 bits per heavy atom. The Morgan fingerprint density at radius 3 is 0.526 bits per heavy atom. The van der Waals surface area contributed by atoms with Crippen LogP contribution in [0.2, 0.25) is 0 Å². The molecule has 0 bridgehead atoms. The van der Waals surface area contributed by atoms with E-state index in [0.29, 0.717) is 0 Å². The number of hydrogen-bond donors (Lipinski definition) is 3. The Hall–Kier alpha value is 1.23. The summed E-state index contributed by atoms with van der Waals surface area (Å²) >= 11 is 0.